The molecular formula is C9H9F3O2. The Morgan fingerprint density at radius 3 is 2.07 bits per heavy atom. The Balaban J connectivity index is 3.23. The summed E-state index contributed by atoms with van der Waals surface area (Å²) in [6, 6.07) is 4.82. The Kier molecular flexibility index (Phi) is 2.45. The van der Waals surface area contributed by atoms with Crippen molar-refractivity contribution in [2.45, 2.75) is 18.7 Å². The van der Waals surface area contributed by atoms with Crippen molar-refractivity contribution in [3.8, 4) is 5.75 Å². The standard InChI is InChI=1S/C9H9F3O2/c1-8(14,9(10,11)12)6-4-2-3-5-7(6)13/h2-5,13-14H,1H3. The van der Waals surface area contributed by atoms with Gasteiger partial charge >= 0.3 is 6.18 Å². The topological polar surface area (TPSA) is 40.5 Å². The van der Waals surface area contributed by atoms with Crippen molar-refractivity contribution in [2.75, 3.05) is 0 Å². The zero-order chi connectivity index (χ0) is 11.0. The summed E-state index contributed by atoms with van der Waals surface area (Å²) in [5, 5.41) is 18.4. The van der Waals surface area contributed by atoms with Crippen LogP contribution in [0.5, 0.6) is 5.75 Å². The molecule has 0 heterocycles. The minimum Gasteiger partial charge on any atom is -0.508 e. The summed E-state index contributed by atoms with van der Waals surface area (Å²) in [7, 11) is 0. The zero-order valence-electron chi connectivity index (χ0n) is 7.34. The lowest BCUT2D eigenvalue weighted by molar-refractivity contribution is -0.259. The van der Waals surface area contributed by atoms with Gasteiger partial charge in [-0.2, -0.15) is 13.2 Å². The van der Waals surface area contributed by atoms with Crippen LogP contribution in [0.1, 0.15) is 12.5 Å². The van der Waals surface area contributed by atoms with Crippen LogP contribution in [0, 0.1) is 0 Å². The molecule has 78 valence electrons. The second-order valence-corrected chi connectivity index (χ2v) is 3.09. The Bertz CT molecular complexity index is 331. The van der Waals surface area contributed by atoms with E-state index in [0.29, 0.717) is 6.92 Å². The summed E-state index contributed by atoms with van der Waals surface area (Å²) >= 11 is 0. The third-order valence-corrected chi connectivity index (χ3v) is 1.98. The number of alkyl halides is 3. The second-order valence-electron chi connectivity index (χ2n) is 3.09. The van der Waals surface area contributed by atoms with Crippen LogP contribution >= 0.6 is 0 Å². The van der Waals surface area contributed by atoms with E-state index in [-0.39, 0.29) is 0 Å². The van der Waals surface area contributed by atoms with E-state index in [4.69, 9.17) is 5.11 Å². The summed E-state index contributed by atoms with van der Waals surface area (Å²) in [6.07, 6.45) is -4.81. The Morgan fingerprint density at radius 1 is 1.14 bits per heavy atom. The molecule has 0 aromatic heterocycles. The molecule has 1 aromatic rings. The minimum atomic E-state index is -4.81. The molecule has 2 N–H and O–H groups in total. The van der Waals surface area contributed by atoms with Gasteiger partial charge in [0.1, 0.15) is 5.75 Å². The molecule has 0 saturated carbocycles. The van der Waals surface area contributed by atoms with Gasteiger partial charge in [0.15, 0.2) is 5.60 Å². The first kappa shape index (κ1) is 10.8. The number of para-hydroxylation sites is 1. The summed E-state index contributed by atoms with van der Waals surface area (Å²) in [5.41, 5.74) is -3.58. The summed E-state index contributed by atoms with van der Waals surface area (Å²) in [6.45, 7) is 0.599. The van der Waals surface area contributed by atoms with Crippen LogP contribution in [0.25, 0.3) is 0 Å². The van der Waals surface area contributed by atoms with Crippen molar-refractivity contribution in [3.63, 3.8) is 0 Å². The Labute approximate surface area is 78.6 Å². The lowest BCUT2D eigenvalue weighted by Crippen LogP contribution is -2.39. The Hall–Kier alpha value is -1.23. The summed E-state index contributed by atoms with van der Waals surface area (Å²) in [5.74, 6) is -0.574. The number of aromatic hydroxyl groups is 1. The van der Waals surface area contributed by atoms with Crippen LogP contribution in [-0.4, -0.2) is 16.4 Å². The van der Waals surface area contributed by atoms with E-state index in [1.165, 1.54) is 12.1 Å². The van der Waals surface area contributed by atoms with Crippen LogP contribution in [-0.2, 0) is 5.60 Å². The highest BCUT2D eigenvalue weighted by molar-refractivity contribution is 5.37. The smallest absolute Gasteiger partial charge is 0.421 e. The first-order chi connectivity index (χ1) is 6.27. The normalized spacial score (nSPS) is 16.4. The molecule has 0 fully saturated rings. The lowest BCUT2D eigenvalue weighted by Gasteiger charge is -2.27. The molecule has 0 aliphatic rings. The number of hydrogen-bond donors (Lipinski definition) is 2. The maximum absolute atomic E-state index is 12.3. The first-order valence-electron chi connectivity index (χ1n) is 3.84. The molecule has 1 rings (SSSR count). The number of phenols is 1. The van der Waals surface area contributed by atoms with Gasteiger partial charge in [0.05, 0.1) is 0 Å². The van der Waals surface area contributed by atoms with Gasteiger partial charge in [-0.25, -0.2) is 0 Å². The molecule has 2 nitrogen and oxygen atoms in total. The molecule has 1 atom stereocenters. The molecule has 14 heavy (non-hydrogen) atoms. The summed E-state index contributed by atoms with van der Waals surface area (Å²) in [4.78, 5) is 0. The quantitative estimate of drug-likeness (QED) is 0.739. The molecule has 0 spiro atoms. The van der Waals surface area contributed by atoms with E-state index >= 15 is 0 Å². The number of rotatable bonds is 1. The van der Waals surface area contributed by atoms with Gasteiger partial charge in [0, 0.05) is 5.56 Å². The largest absolute Gasteiger partial charge is 0.508 e. The molecule has 0 bridgehead atoms. The Morgan fingerprint density at radius 2 is 1.64 bits per heavy atom. The summed E-state index contributed by atoms with van der Waals surface area (Å²) < 4.78 is 37.0. The van der Waals surface area contributed by atoms with Crippen LogP contribution in [0.15, 0.2) is 24.3 Å². The fraction of sp³-hybridized carbons (Fsp3) is 0.333. The third kappa shape index (κ3) is 1.68. The van der Waals surface area contributed by atoms with Gasteiger partial charge in [0.25, 0.3) is 0 Å². The van der Waals surface area contributed by atoms with Crippen molar-refractivity contribution >= 4 is 0 Å². The number of hydrogen-bond acceptors (Lipinski definition) is 2. The molecule has 5 heteroatoms. The molecule has 0 radical (unpaired) electrons. The molecule has 0 aliphatic carbocycles. The highest BCUT2D eigenvalue weighted by Gasteiger charge is 2.52. The number of halogens is 3. The number of aliphatic hydroxyl groups is 1. The fourth-order valence-corrected chi connectivity index (χ4v) is 1.04. The maximum Gasteiger partial charge on any atom is 0.421 e. The van der Waals surface area contributed by atoms with Gasteiger partial charge in [-0.15, -0.1) is 0 Å². The highest BCUT2D eigenvalue weighted by Crippen LogP contribution is 2.41. The van der Waals surface area contributed by atoms with Crippen molar-refractivity contribution in [1.82, 2.24) is 0 Å². The van der Waals surface area contributed by atoms with Gasteiger partial charge in [0.2, 0.25) is 0 Å². The number of benzene rings is 1. The van der Waals surface area contributed by atoms with Gasteiger partial charge in [-0.3, -0.25) is 0 Å². The van der Waals surface area contributed by atoms with E-state index in [2.05, 4.69) is 0 Å². The van der Waals surface area contributed by atoms with Crippen molar-refractivity contribution in [2.24, 2.45) is 0 Å². The zero-order valence-corrected chi connectivity index (χ0v) is 7.34. The van der Waals surface area contributed by atoms with E-state index in [1.54, 1.807) is 0 Å². The minimum absolute atomic E-state index is 0.549. The fourth-order valence-electron chi connectivity index (χ4n) is 1.04. The number of phenolic OH excluding ortho intramolecular Hbond substituents is 1. The molecular weight excluding hydrogens is 197 g/mol. The first-order valence-corrected chi connectivity index (χ1v) is 3.84. The van der Waals surface area contributed by atoms with Crippen molar-refractivity contribution < 1.29 is 23.4 Å². The SMILES string of the molecule is CC(O)(c1ccccc1O)C(F)(F)F. The van der Waals surface area contributed by atoms with Crippen molar-refractivity contribution in [1.29, 1.82) is 0 Å². The maximum atomic E-state index is 12.3. The molecule has 0 amide bonds. The predicted molar refractivity (Wildman–Crippen MR) is 43.7 cm³/mol. The average Bonchev–Trinajstić information content (AvgIpc) is 2.02. The molecule has 0 saturated heterocycles. The van der Waals surface area contributed by atoms with Crippen LogP contribution in [0.2, 0.25) is 0 Å². The van der Waals surface area contributed by atoms with Crippen LogP contribution in [0.3, 0.4) is 0 Å². The lowest BCUT2D eigenvalue weighted by atomic mass is 9.94. The second kappa shape index (κ2) is 3.16. The van der Waals surface area contributed by atoms with Crippen LogP contribution in [0.4, 0.5) is 13.2 Å². The molecule has 0 aliphatic heterocycles. The third-order valence-electron chi connectivity index (χ3n) is 1.98. The predicted octanol–water partition coefficient (Wildman–Crippen LogP) is 2.16. The monoisotopic (exact) mass is 206 g/mol. The molecule has 1 unspecified atom stereocenters. The highest BCUT2D eigenvalue weighted by atomic mass is 19.4. The van der Waals surface area contributed by atoms with Gasteiger partial charge in [-0.05, 0) is 13.0 Å². The van der Waals surface area contributed by atoms with Gasteiger partial charge in [-0.1, -0.05) is 18.2 Å². The van der Waals surface area contributed by atoms with E-state index in [9.17, 15) is 18.3 Å². The van der Waals surface area contributed by atoms with E-state index in [0.717, 1.165) is 12.1 Å². The average molecular weight is 206 g/mol. The van der Waals surface area contributed by atoms with E-state index < -0.39 is 23.1 Å². The van der Waals surface area contributed by atoms with E-state index in [1.807, 2.05) is 0 Å². The molecule has 1 aromatic carbocycles. The van der Waals surface area contributed by atoms with Crippen molar-refractivity contribution in [3.05, 3.63) is 29.8 Å². The van der Waals surface area contributed by atoms with Crippen LogP contribution < -0.4 is 0 Å². The van der Waals surface area contributed by atoms with Gasteiger partial charge < -0.3 is 10.2 Å².